The molecule has 92 valence electrons. The highest BCUT2D eigenvalue weighted by atomic mass is 127. The van der Waals surface area contributed by atoms with Crippen LogP contribution in [-0.4, -0.2) is 10.9 Å². The molecule has 1 aromatic carbocycles. The molecule has 0 aliphatic carbocycles. The molecule has 6 heteroatoms. The number of nitrogens with zero attached hydrogens (tertiary/aromatic N) is 1. The monoisotopic (exact) mass is 436 g/mol. The van der Waals surface area contributed by atoms with Crippen molar-refractivity contribution in [2.24, 2.45) is 0 Å². The standard InChI is InChI=1S/C12H7BrClIN2O/c13-7-1-2-10(15)9(5-7)12(18)17-8-3-4-16-11(14)6-8/h1-6H,(H,16,17,18). The zero-order valence-electron chi connectivity index (χ0n) is 8.95. The average Bonchev–Trinajstić information content (AvgIpc) is 2.32. The predicted molar refractivity (Wildman–Crippen MR) is 84.1 cm³/mol. The van der Waals surface area contributed by atoms with Gasteiger partial charge < -0.3 is 5.32 Å². The highest BCUT2D eigenvalue weighted by Gasteiger charge is 2.11. The SMILES string of the molecule is O=C(Nc1ccnc(Cl)c1)c1cc(Br)ccc1I. The summed E-state index contributed by atoms with van der Waals surface area (Å²) in [5, 5.41) is 3.12. The number of pyridine rings is 1. The van der Waals surface area contributed by atoms with Crippen molar-refractivity contribution in [3.63, 3.8) is 0 Å². The van der Waals surface area contributed by atoms with Crippen LogP contribution in [0.15, 0.2) is 41.0 Å². The van der Waals surface area contributed by atoms with E-state index in [2.05, 4.69) is 48.8 Å². The second-order valence-corrected chi connectivity index (χ2v) is 5.91. The second kappa shape index (κ2) is 5.99. The average molecular weight is 437 g/mol. The number of anilines is 1. The Hall–Kier alpha value is -0.660. The summed E-state index contributed by atoms with van der Waals surface area (Å²) in [6, 6.07) is 8.83. The zero-order chi connectivity index (χ0) is 13.1. The number of halogens is 3. The molecule has 0 aliphatic rings. The van der Waals surface area contributed by atoms with Crippen LogP contribution in [0, 0.1) is 3.57 Å². The van der Waals surface area contributed by atoms with E-state index in [0.29, 0.717) is 16.4 Å². The van der Waals surface area contributed by atoms with E-state index in [9.17, 15) is 4.79 Å². The minimum absolute atomic E-state index is 0.178. The molecule has 3 nitrogen and oxygen atoms in total. The van der Waals surface area contributed by atoms with Gasteiger partial charge in [0.05, 0.1) is 5.56 Å². The third-order valence-corrected chi connectivity index (χ3v) is 3.80. The van der Waals surface area contributed by atoms with Gasteiger partial charge in [-0.3, -0.25) is 4.79 Å². The van der Waals surface area contributed by atoms with E-state index in [-0.39, 0.29) is 5.91 Å². The van der Waals surface area contributed by atoms with Gasteiger partial charge in [-0.05, 0) is 52.9 Å². The highest BCUT2D eigenvalue weighted by Crippen LogP contribution is 2.20. The van der Waals surface area contributed by atoms with Crippen LogP contribution < -0.4 is 5.32 Å². The van der Waals surface area contributed by atoms with Gasteiger partial charge in [0.25, 0.3) is 5.91 Å². The molecule has 0 unspecified atom stereocenters. The van der Waals surface area contributed by atoms with E-state index in [4.69, 9.17) is 11.6 Å². The molecule has 1 aromatic heterocycles. The fraction of sp³-hybridized carbons (Fsp3) is 0. The number of rotatable bonds is 2. The topological polar surface area (TPSA) is 42.0 Å². The van der Waals surface area contributed by atoms with Crippen LogP contribution in [0.1, 0.15) is 10.4 Å². The first-order chi connectivity index (χ1) is 8.56. The maximum absolute atomic E-state index is 12.1. The Morgan fingerprint density at radius 2 is 2.11 bits per heavy atom. The van der Waals surface area contributed by atoms with Crippen molar-refractivity contribution in [2.45, 2.75) is 0 Å². The van der Waals surface area contributed by atoms with Crippen molar-refractivity contribution in [1.29, 1.82) is 0 Å². The van der Waals surface area contributed by atoms with Gasteiger partial charge in [0, 0.05) is 19.9 Å². The Labute approximate surface area is 131 Å². The van der Waals surface area contributed by atoms with Crippen LogP contribution in [0.2, 0.25) is 5.15 Å². The summed E-state index contributed by atoms with van der Waals surface area (Å²) < 4.78 is 1.74. The van der Waals surface area contributed by atoms with Crippen LogP contribution in [-0.2, 0) is 0 Å². The zero-order valence-corrected chi connectivity index (χ0v) is 13.5. The molecular formula is C12H7BrClIN2O. The van der Waals surface area contributed by atoms with Gasteiger partial charge in [0.2, 0.25) is 0 Å². The maximum Gasteiger partial charge on any atom is 0.256 e. The van der Waals surface area contributed by atoms with Gasteiger partial charge in [0.15, 0.2) is 0 Å². The molecule has 0 radical (unpaired) electrons. The smallest absolute Gasteiger partial charge is 0.256 e. The van der Waals surface area contributed by atoms with E-state index >= 15 is 0 Å². The van der Waals surface area contributed by atoms with E-state index in [0.717, 1.165) is 8.04 Å². The van der Waals surface area contributed by atoms with Gasteiger partial charge in [-0.2, -0.15) is 0 Å². The van der Waals surface area contributed by atoms with Crippen molar-refractivity contribution in [2.75, 3.05) is 5.32 Å². The fourth-order valence-electron chi connectivity index (χ4n) is 1.35. The lowest BCUT2D eigenvalue weighted by atomic mass is 10.2. The van der Waals surface area contributed by atoms with Crippen molar-refractivity contribution >= 4 is 61.7 Å². The molecular weight excluding hydrogens is 430 g/mol. The molecule has 0 fully saturated rings. The molecule has 1 N–H and O–H groups in total. The van der Waals surface area contributed by atoms with E-state index in [1.807, 2.05) is 12.1 Å². The molecule has 0 bridgehead atoms. The van der Waals surface area contributed by atoms with Gasteiger partial charge in [-0.1, -0.05) is 27.5 Å². The number of hydrogen-bond acceptors (Lipinski definition) is 2. The molecule has 18 heavy (non-hydrogen) atoms. The molecule has 2 rings (SSSR count). The number of nitrogens with one attached hydrogen (secondary N) is 1. The lowest BCUT2D eigenvalue weighted by molar-refractivity contribution is 0.102. The summed E-state index contributed by atoms with van der Waals surface area (Å²) in [4.78, 5) is 16.0. The Balaban J connectivity index is 2.24. The molecule has 0 saturated heterocycles. The number of carbonyl (C=O) groups excluding carboxylic acids is 1. The first-order valence-electron chi connectivity index (χ1n) is 4.94. The van der Waals surface area contributed by atoms with Gasteiger partial charge >= 0.3 is 0 Å². The van der Waals surface area contributed by atoms with Crippen LogP contribution in [0.5, 0.6) is 0 Å². The molecule has 0 spiro atoms. The van der Waals surface area contributed by atoms with E-state index < -0.39 is 0 Å². The minimum atomic E-state index is -0.178. The van der Waals surface area contributed by atoms with Crippen molar-refractivity contribution in [1.82, 2.24) is 4.98 Å². The lowest BCUT2D eigenvalue weighted by Crippen LogP contribution is -2.13. The lowest BCUT2D eigenvalue weighted by Gasteiger charge is -2.07. The van der Waals surface area contributed by atoms with Gasteiger partial charge in [-0.15, -0.1) is 0 Å². The maximum atomic E-state index is 12.1. The molecule has 0 atom stereocenters. The second-order valence-electron chi connectivity index (χ2n) is 3.45. The Morgan fingerprint density at radius 3 is 2.83 bits per heavy atom. The van der Waals surface area contributed by atoms with Gasteiger partial charge in [-0.25, -0.2) is 4.98 Å². The molecule has 2 aromatic rings. The number of amides is 1. The van der Waals surface area contributed by atoms with Crippen LogP contribution in [0.25, 0.3) is 0 Å². The van der Waals surface area contributed by atoms with Gasteiger partial charge in [0.1, 0.15) is 5.15 Å². The van der Waals surface area contributed by atoms with Crippen LogP contribution in [0.4, 0.5) is 5.69 Å². The fourth-order valence-corrected chi connectivity index (χ4v) is 2.47. The predicted octanol–water partition coefficient (Wildman–Crippen LogP) is 4.35. The summed E-state index contributed by atoms with van der Waals surface area (Å²) in [7, 11) is 0. The Kier molecular flexibility index (Phi) is 4.58. The van der Waals surface area contributed by atoms with Crippen LogP contribution >= 0.6 is 50.1 Å². The van der Waals surface area contributed by atoms with Crippen molar-refractivity contribution in [3.8, 4) is 0 Å². The molecule has 1 heterocycles. The van der Waals surface area contributed by atoms with E-state index in [1.54, 1.807) is 24.4 Å². The summed E-state index contributed by atoms with van der Waals surface area (Å²) in [6.45, 7) is 0. The molecule has 1 amide bonds. The highest BCUT2D eigenvalue weighted by molar-refractivity contribution is 14.1. The third kappa shape index (κ3) is 3.43. The van der Waals surface area contributed by atoms with Crippen LogP contribution in [0.3, 0.4) is 0 Å². The quantitative estimate of drug-likeness (QED) is 0.561. The molecule has 0 saturated carbocycles. The Morgan fingerprint density at radius 1 is 1.33 bits per heavy atom. The summed E-state index contributed by atoms with van der Waals surface area (Å²) in [6.07, 6.45) is 1.55. The normalized spacial score (nSPS) is 10.2. The summed E-state index contributed by atoms with van der Waals surface area (Å²) in [5.41, 5.74) is 1.23. The largest absolute Gasteiger partial charge is 0.322 e. The summed E-state index contributed by atoms with van der Waals surface area (Å²) in [5.74, 6) is -0.178. The number of carbonyl (C=O) groups is 1. The number of hydrogen-bond donors (Lipinski definition) is 1. The summed E-state index contributed by atoms with van der Waals surface area (Å²) >= 11 is 11.2. The minimum Gasteiger partial charge on any atom is -0.322 e. The Bertz CT molecular complexity index is 606. The van der Waals surface area contributed by atoms with Crippen molar-refractivity contribution in [3.05, 3.63) is 55.3 Å². The van der Waals surface area contributed by atoms with E-state index in [1.165, 1.54) is 0 Å². The number of aromatic nitrogens is 1. The first-order valence-corrected chi connectivity index (χ1v) is 7.19. The molecule has 0 aliphatic heterocycles. The van der Waals surface area contributed by atoms with Crippen molar-refractivity contribution < 1.29 is 4.79 Å². The third-order valence-electron chi connectivity index (χ3n) is 2.16. The number of benzene rings is 1. The first kappa shape index (κ1) is 13.8.